The smallest absolute Gasteiger partial charge is 0.238 e. The summed E-state index contributed by atoms with van der Waals surface area (Å²) in [7, 11) is -4.30. The van der Waals surface area contributed by atoms with Crippen LogP contribution in [0.2, 0.25) is 0 Å². The van der Waals surface area contributed by atoms with Crippen LogP contribution in [0, 0.1) is 12.3 Å². The molecule has 2 aromatic heterocycles. The molecule has 6 N–H and O–H groups in total. The topological polar surface area (TPSA) is 214 Å². The molecule has 0 atom stereocenters. The maximum absolute atomic E-state index is 11.3. The normalized spacial score (nSPS) is 10.6. The van der Waals surface area contributed by atoms with Gasteiger partial charge in [-0.1, -0.05) is 35.1 Å². The first-order valence-corrected chi connectivity index (χ1v) is 17.9. The first-order chi connectivity index (χ1) is 23.8. The van der Waals surface area contributed by atoms with Crippen LogP contribution < -0.4 is 30.4 Å². The Morgan fingerprint density at radius 3 is 1.47 bits per heavy atom. The standard InChI is InChI=1S/C17H18N4O3S.C17H14N4O3S.3CH4/c2*1-3-11-8-12-10-19-17(21-16(12)15(9-11)24-2)20-13-4-6-14(7-5-13)25(18,22)23;;;/h4-10H,3H2,1-2H3,(H2,18,22,23)(H,19,20,21);1,4-10H,2H3,(H2,18,22,23)(H,19,20,21);3*1H4. The second-order valence-electron chi connectivity index (χ2n) is 10.6. The van der Waals surface area contributed by atoms with Gasteiger partial charge < -0.3 is 20.1 Å². The van der Waals surface area contributed by atoms with E-state index in [1.165, 1.54) is 31.4 Å². The Balaban J connectivity index is 0.000000347. The number of terminal acetylenes is 1. The van der Waals surface area contributed by atoms with Crippen LogP contribution in [0.25, 0.3) is 21.8 Å². The number of aromatic nitrogens is 4. The first-order valence-electron chi connectivity index (χ1n) is 14.8. The minimum Gasteiger partial charge on any atom is -0.494 e. The van der Waals surface area contributed by atoms with Gasteiger partial charge in [0.05, 0.1) is 24.0 Å². The number of fused-ring (bicyclic) bond motifs is 2. The predicted molar refractivity (Wildman–Crippen MR) is 212 cm³/mol. The number of nitrogens with two attached hydrogens (primary N) is 2. The van der Waals surface area contributed by atoms with Crippen molar-refractivity contribution < 1.29 is 26.3 Å². The zero-order chi connectivity index (χ0) is 36.1. The molecule has 0 spiro atoms. The molecule has 2 heterocycles. The van der Waals surface area contributed by atoms with Gasteiger partial charge in [-0.3, -0.25) is 0 Å². The van der Waals surface area contributed by atoms with Crippen molar-refractivity contribution in [3.8, 4) is 23.8 Å². The fourth-order valence-electron chi connectivity index (χ4n) is 4.72. The molecule has 0 saturated carbocycles. The third-order valence-corrected chi connectivity index (χ3v) is 9.11. The van der Waals surface area contributed by atoms with Crippen molar-refractivity contribution in [2.45, 2.75) is 45.4 Å². The fraction of sp³-hybridized carbons (Fsp3) is 0.189. The number of sulfonamides is 2. The zero-order valence-electron chi connectivity index (χ0n) is 27.1. The largest absolute Gasteiger partial charge is 0.494 e. The van der Waals surface area contributed by atoms with Crippen molar-refractivity contribution in [2.75, 3.05) is 24.9 Å². The van der Waals surface area contributed by atoms with Gasteiger partial charge in [0.1, 0.15) is 22.5 Å². The van der Waals surface area contributed by atoms with Gasteiger partial charge in [-0.2, -0.15) is 0 Å². The van der Waals surface area contributed by atoms with Crippen molar-refractivity contribution >= 4 is 65.1 Å². The number of nitrogens with one attached hydrogen (secondary N) is 2. The van der Waals surface area contributed by atoms with Crippen LogP contribution in [0.1, 0.15) is 40.3 Å². The molecule has 0 aliphatic heterocycles. The summed E-state index contributed by atoms with van der Waals surface area (Å²) < 4.78 is 55.9. The van der Waals surface area contributed by atoms with Gasteiger partial charge in [-0.05, 0) is 84.8 Å². The average Bonchev–Trinajstić information content (AvgIpc) is 3.10. The first kappa shape index (κ1) is 43.3. The molecular formula is C37H44N8O6S2. The molecule has 14 nitrogen and oxygen atoms in total. The molecule has 4 aromatic carbocycles. The van der Waals surface area contributed by atoms with Crippen LogP contribution in [0.4, 0.5) is 23.3 Å². The Kier molecular flexibility index (Phi) is 14.8. The van der Waals surface area contributed by atoms with Gasteiger partial charge in [0, 0.05) is 40.1 Å². The molecule has 0 unspecified atom stereocenters. The van der Waals surface area contributed by atoms with Crippen LogP contribution in [0.5, 0.6) is 11.5 Å². The molecule has 6 rings (SSSR count). The SMILES string of the molecule is C.C.C.C#Cc1cc(OC)c2nc(Nc3ccc(S(N)(=O)=O)cc3)ncc2c1.CCc1cc(OC)c2nc(Nc3ccc(S(N)(=O)=O)cc3)ncc2c1. The maximum Gasteiger partial charge on any atom is 0.238 e. The number of rotatable bonds is 9. The van der Waals surface area contributed by atoms with E-state index in [0.29, 0.717) is 51.4 Å². The monoisotopic (exact) mass is 760 g/mol. The van der Waals surface area contributed by atoms with Crippen molar-refractivity contribution in [2.24, 2.45) is 10.3 Å². The molecule has 0 bridgehead atoms. The second kappa shape index (κ2) is 18.1. The Morgan fingerprint density at radius 1 is 0.679 bits per heavy atom. The molecule has 280 valence electrons. The number of hydrogen-bond acceptors (Lipinski definition) is 12. The van der Waals surface area contributed by atoms with E-state index >= 15 is 0 Å². The highest BCUT2D eigenvalue weighted by Gasteiger charge is 2.12. The molecule has 16 heteroatoms. The lowest BCUT2D eigenvalue weighted by molar-refractivity contribution is 0.418. The van der Waals surface area contributed by atoms with E-state index in [0.717, 1.165) is 22.8 Å². The van der Waals surface area contributed by atoms with Crippen LogP contribution in [-0.2, 0) is 26.5 Å². The summed E-state index contributed by atoms with van der Waals surface area (Å²) in [6, 6.07) is 19.5. The van der Waals surface area contributed by atoms with E-state index in [1.54, 1.807) is 55.9 Å². The lowest BCUT2D eigenvalue weighted by Crippen LogP contribution is -2.11. The van der Waals surface area contributed by atoms with Crippen molar-refractivity contribution in [3.05, 3.63) is 96.3 Å². The Hall–Kier alpha value is -5.86. The van der Waals surface area contributed by atoms with E-state index < -0.39 is 20.0 Å². The summed E-state index contributed by atoms with van der Waals surface area (Å²) in [5.41, 5.74) is 4.40. The van der Waals surface area contributed by atoms with Crippen molar-refractivity contribution in [3.63, 3.8) is 0 Å². The van der Waals surface area contributed by atoms with Crippen LogP contribution >= 0.6 is 0 Å². The summed E-state index contributed by atoms with van der Waals surface area (Å²) in [6.07, 6.45) is 9.68. The van der Waals surface area contributed by atoms with Crippen LogP contribution in [-0.4, -0.2) is 51.0 Å². The van der Waals surface area contributed by atoms with Crippen molar-refractivity contribution in [1.82, 2.24) is 19.9 Å². The highest BCUT2D eigenvalue weighted by molar-refractivity contribution is 7.89. The number of methoxy groups -OCH3 is 2. The zero-order valence-corrected chi connectivity index (χ0v) is 28.7. The van der Waals surface area contributed by atoms with E-state index in [4.69, 9.17) is 26.2 Å². The molecule has 0 aliphatic carbocycles. The molecule has 0 amide bonds. The lowest BCUT2D eigenvalue weighted by atomic mass is 10.1. The van der Waals surface area contributed by atoms with Gasteiger partial charge in [-0.15, -0.1) is 6.42 Å². The van der Waals surface area contributed by atoms with Gasteiger partial charge >= 0.3 is 0 Å². The number of anilines is 4. The van der Waals surface area contributed by atoms with Gasteiger partial charge in [0.25, 0.3) is 0 Å². The highest BCUT2D eigenvalue weighted by atomic mass is 32.2. The molecule has 6 aromatic rings. The van der Waals surface area contributed by atoms with E-state index in [1.807, 2.05) is 12.1 Å². The van der Waals surface area contributed by atoms with E-state index in [-0.39, 0.29) is 32.1 Å². The molecule has 53 heavy (non-hydrogen) atoms. The number of primary sulfonamides is 2. The average molecular weight is 761 g/mol. The van der Waals surface area contributed by atoms with E-state index in [9.17, 15) is 16.8 Å². The molecule has 0 saturated heterocycles. The summed E-state index contributed by atoms with van der Waals surface area (Å²) in [6.45, 7) is 2.07. The summed E-state index contributed by atoms with van der Waals surface area (Å²) in [5.74, 6) is 4.51. The summed E-state index contributed by atoms with van der Waals surface area (Å²) >= 11 is 0. The maximum atomic E-state index is 11.3. The Morgan fingerprint density at radius 2 is 1.09 bits per heavy atom. The predicted octanol–water partition coefficient (Wildman–Crippen LogP) is 6.51. The van der Waals surface area contributed by atoms with Gasteiger partial charge in [0.2, 0.25) is 31.9 Å². The lowest BCUT2D eigenvalue weighted by Gasteiger charge is -2.10. The molecule has 0 radical (unpaired) electrons. The highest BCUT2D eigenvalue weighted by Crippen LogP contribution is 2.28. The number of benzene rings is 4. The van der Waals surface area contributed by atoms with Crippen LogP contribution in [0.15, 0.2) is 95.0 Å². The van der Waals surface area contributed by atoms with Crippen LogP contribution in [0.3, 0.4) is 0 Å². The molecular weight excluding hydrogens is 717 g/mol. The third kappa shape index (κ3) is 10.6. The summed E-state index contributed by atoms with van der Waals surface area (Å²) in [4.78, 5) is 17.5. The van der Waals surface area contributed by atoms with Gasteiger partial charge in [0.15, 0.2) is 0 Å². The summed E-state index contributed by atoms with van der Waals surface area (Å²) in [5, 5.41) is 17.9. The number of ether oxygens (including phenoxy) is 2. The van der Waals surface area contributed by atoms with Gasteiger partial charge in [-0.25, -0.2) is 47.0 Å². The fourth-order valence-corrected chi connectivity index (χ4v) is 5.75. The van der Waals surface area contributed by atoms with Crippen molar-refractivity contribution in [1.29, 1.82) is 0 Å². The molecule has 0 aliphatic rings. The number of hydrogen-bond donors (Lipinski definition) is 4. The second-order valence-corrected chi connectivity index (χ2v) is 13.7. The Labute approximate surface area is 311 Å². The third-order valence-electron chi connectivity index (χ3n) is 7.25. The quantitative estimate of drug-likeness (QED) is 0.116. The van der Waals surface area contributed by atoms with E-state index in [2.05, 4.69) is 43.4 Å². The number of aryl methyl sites for hydroxylation is 1. The molecule has 0 fully saturated rings. The minimum absolute atomic E-state index is 0. The number of nitrogens with zero attached hydrogens (tertiary/aromatic N) is 4. The minimum atomic E-state index is -3.73. The Bertz CT molecular complexity index is 2450.